The molecule has 1 saturated heterocycles. The van der Waals surface area contributed by atoms with Gasteiger partial charge in [-0.3, -0.25) is 4.79 Å². The summed E-state index contributed by atoms with van der Waals surface area (Å²) in [6.45, 7) is 0. The molecule has 2 heterocycles. The summed E-state index contributed by atoms with van der Waals surface area (Å²) in [6, 6.07) is 2.01. The van der Waals surface area contributed by atoms with E-state index in [1.807, 2.05) is 11.4 Å². The van der Waals surface area contributed by atoms with E-state index in [-0.39, 0.29) is 12.1 Å². The number of carbonyl (C=O) groups is 1. The fraction of sp³-hybridized carbons (Fsp3) is 0.375. The number of ether oxygens (including phenoxy) is 1. The summed E-state index contributed by atoms with van der Waals surface area (Å²) in [7, 11) is 0. The number of hydrogen-bond donors (Lipinski definition) is 0. The minimum absolute atomic E-state index is 0.00815. The molecular weight excluding hydrogens is 240 g/mol. The maximum absolute atomic E-state index is 10.8. The molecule has 12 heavy (non-hydrogen) atoms. The Labute approximate surface area is 82.7 Å². The second-order valence-corrected chi connectivity index (χ2v) is 4.54. The molecule has 0 bridgehead atoms. The highest BCUT2D eigenvalue weighted by Gasteiger charge is 2.25. The van der Waals surface area contributed by atoms with Gasteiger partial charge in [-0.2, -0.15) is 0 Å². The Kier molecular flexibility index (Phi) is 2.19. The van der Waals surface area contributed by atoms with Gasteiger partial charge in [-0.1, -0.05) is 0 Å². The second-order valence-electron chi connectivity index (χ2n) is 2.68. The van der Waals surface area contributed by atoms with Crippen LogP contribution in [0.15, 0.2) is 15.9 Å². The first-order valence-corrected chi connectivity index (χ1v) is 5.36. The average Bonchev–Trinajstić information content (AvgIpc) is 2.58. The zero-order valence-corrected chi connectivity index (χ0v) is 8.65. The number of cyclic esters (lactones) is 1. The first-order valence-electron chi connectivity index (χ1n) is 3.69. The predicted molar refractivity (Wildman–Crippen MR) is 50.1 cm³/mol. The van der Waals surface area contributed by atoms with E-state index in [1.54, 1.807) is 11.3 Å². The van der Waals surface area contributed by atoms with E-state index < -0.39 is 0 Å². The van der Waals surface area contributed by atoms with Crippen LogP contribution in [-0.2, 0) is 9.53 Å². The van der Waals surface area contributed by atoms with Crippen LogP contribution in [0, 0.1) is 0 Å². The Hall–Kier alpha value is -0.350. The molecule has 1 aliphatic heterocycles. The number of carbonyl (C=O) groups excluding carboxylic acids is 1. The molecule has 0 amide bonds. The lowest BCUT2D eigenvalue weighted by Crippen LogP contribution is -1.95. The molecule has 0 N–H and O–H groups in total. The summed E-state index contributed by atoms with van der Waals surface area (Å²) >= 11 is 4.99. The Balaban J connectivity index is 2.15. The van der Waals surface area contributed by atoms with E-state index in [0.717, 1.165) is 15.8 Å². The van der Waals surface area contributed by atoms with Gasteiger partial charge in [0, 0.05) is 21.2 Å². The van der Waals surface area contributed by atoms with E-state index in [9.17, 15) is 4.79 Å². The lowest BCUT2D eigenvalue weighted by atomic mass is 10.2. The SMILES string of the molecule is O=C1CCC(c2cc(Br)cs2)O1. The highest BCUT2D eigenvalue weighted by molar-refractivity contribution is 9.10. The maximum Gasteiger partial charge on any atom is 0.306 e. The zero-order chi connectivity index (χ0) is 8.55. The number of thiophene rings is 1. The van der Waals surface area contributed by atoms with Gasteiger partial charge in [0.05, 0.1) is 0 Å². The summed E-state index contributed by atoms with van der Waals surface area (Å²) in [4.78, 5) is 11.9. The van der Waals surface area contributed by atoms with Crippen molar-refractivity contribution in [1.29, 1.82) is 0 Å². The zero-order valence-electron chi connectivity index (χ0n) is 6.25. The molecule has 1 unspecified atom stereocenters. The van der Waals surface area contributed by atoms with Crippen LogP contribution in [0.3, 0.4) is 0 Å². The first-order chi connectivity index (χ1) is 5.75. The van der Waals surface area contributed by atoms with Crippen LogP contribution in [0.25, 0.3) is 0 Å². The van der Waals surface area contributed by atoms with Gasteiger partial charge in [0.15, 0.2) is 0 Å². The molecule has 0 radical (unpaired) electrons. The molecule has 2 nitrogen and oxygen atoms in total. The van der Waals surface area contributed by atoms with Crippen LogP contribution in [0.1, 0.15) is 23.8 Å². The molecule has 1 aliphatic rings. The van der Waals surface area contributed by atoms with Crippen molar-refractivity contribution in [2.45, 2.75) is 18.9 Å². The number of rotatable bonds is 1. The third kappa shape index (κ3) is 1.54. The first kappa shape index (κ1) is 8.26. The van der Waals surface area contributed by atoms with Gasteiger partial charge in [0.25, 0.3) is 0 Å². The molecule has 2 rings (SSSR count). The average molecular weight is 247 g/mol. The van der Waals surface area contributed by atoms with Crippen molar-refractivity contribution in [2.75, 3.05) is 0 Å². The van der Waals surface area contributed by atoms with Crippen LogP contribution >= 0.6 is 27.3 Å². The van der Waals surface area contributed by atoms with Gasteiger partial charge in [-0.15, -0.1) is 11.3 Å². The summed E-state index contributed by atoms with van der Waals surface area (Å²) in [6.07, 6.45) is 1.39. The van der Waals surface area contributed by atoms with Gasteiger partial charge >= 0.3 is 5.97 Å². The normalized spacial score (nSPS) is 22.8. The summed E-state index contributed by atoms with van der Waals surface area (Å²) < 4.78 is 6.17. The highest BCUT2D eigenvalue weighted by Crippen LogP contribution is 2.34. The lowest BCUT2D eigenvalue weighted by molar-refractivity contribution is -0.141. The molecule has 0 spiro atoms. The number of esters is 1. The molecule has 64 valence electrons. The molecule has 4 heteroatoms. The maximum atomic E-state index is 10.8. The lowest BCUT2D eigenvalue weighted by Gasteiger charge is -2.04. The van der Waals surface area contributed by atoms with Gasteiger partial charge in [-0.25, -0.2) is 0 Å². The minimum atomic E-state index is -0.0791. The molecule has 0 aromatic carbocycles. The van der Waals surface area contributed by atoms with Gasteiger partial charge in [-0.05, 0) is 28.4 Å². The van der Waals surface area contributed by atoms with Crippen molar-refractivity contribution >= 4 is 33.2 Å². The van der Waals surface area contributed by atoms with Crippen LogP contribution in [0.2, 0.25) is 0 Å². The highest BCUT2D eigenvalue weighted by atomic mass is 79.9. The van der Waals surface area contributed by atoms with Crippen LogP contribution in [0.5, 0.6) is 0 Å². The van der Waals surface area contributed by atoms with Crippen LogP contribution in [0.4, 0.5) is 0 Å². The molecule has 0 saturated carbocycles. The summed E-state index contributed by atoms with van der Waals surface area (Å²) in [5.41, 5.74) is 0. The minimum Gasteiger partial charge on any atom is -0.457 e. The van der Waals surface area contributed by atoms with Gasteiger partial charge in [0.2, 0.25) is 0 Å². The predicted octanol–water partition coefficient (Wildman–Crippen LogP) is 2.89. The van der Waals surface area contributed by atoms with Gasteiger partial charge in [0.1, 0.15) is 6.10 Å². The topological polar surface area (TPSA) is 26.3 Å². The smallest absolute Gasteiger partial charge is 0.306 e. The number of hydrogen-bond acceptors (Lipinski definition) is 3. The van der Waals surface area contributed by atoms with Crippen molar-refractivity contribution in [2.24, 2.45) is 0 Å². The van der Waals surface area contributed by atoms with Gasteiger partial charge < -0.3 is 4.74 Å². The second kappa shape index (κ2) is 3.18. The van der Waals surface area contributed by atoms with E-state index in [2.05, 4.69) is 15.9 Å². The van der Waals surface area contributed by atoms with E-state index >= 15 is 0 Å². The Bertz CT molecular complexity index is 308. The van der Waals surface area contributed by atoms with E-state index in [1.165, 1.54) is 0 Å². The van der Waals surface area contributed by atoms with E-state index in [0.29, 0.717) is 6.42 Å². The Morgan fingerprint density at radius 2 is 2.50 bits per heavy atom. The van der Waals surface area contributed by atoms with Crippen LogP contribution in [-0.4, -0.2) is 5.97 Å². The van der Waals surface area contributed by atoms with E-state index in [4.69, 9.17) is 4.74 Å². The molecular formula is C8H7BrO2S. The molecule has 0 aliphatic carbocycles. The monoisotopic (exact) mass is 246 g/mol. The van der Waals surface area contributed by atoms with Crippen molar-refractivity contribution in [3.63, 3.8) is 0 Å². The largest absolute Gasteiger partial charge is 0.457 e. The molecule has 1 fully saturated rings. The van der Waals surface area contributed by atoms with Crippen LogP contribution < -0.4 is 0 Å². The Morgan fingerprint density at radius 3 is 3.00 bits per heavy atom. The van der Waals surface area contributed by atoms with Crippen molar-refractivity contribution in [1.82, 2.24) is 0 Å². The Morgan fingerprint density at radius 1 is 1.67 bits per heavy atom. The third-order valence-electron chi connectivity index (χ3n) is 1.79. The van der Waals surface area contributed by atoms with Crippen molar-refractivity contribution in [3.8, 4) is 0 Å². The van der Waals surface area contributed by atoms with Crippen molar-refractivity contribution in [3.05, 3.63) is 20.8 Å². The summed E-state index contributed by atoms with van der Waals surface area (Å²) in [5.74, 6) is -0.0791. The molecule has 1 atom stereocenters. The summed E-state index contributed by atoms with van der Waals surface area (Å²) in [5, 5.41) is 2.00. The fourth-order valence-electron chi connectivity index (χ4n) is 1.22. The molecule has 1 aromatic heterocycles. The van der Waals surface area contributed by atoms with Crippen molar-refractivity contribution < 1.29 is 9.53 Å². The number of halogens is 1. The molecule has 1 aromatic rings. The standard InChI is InChI=1S/C8H7BrO2S/c9-5-3-7(12-4-5)6-1-2-8(10)11-6/h3-4,6H,1-2H2. The third-order valence-corrected chi connectivity index (χ3v) is 3.58. The fourth-order valence-corrected chi connectivity index (χ4v) is 2.73. The quantitative estimate of drug-likeness (QED) is 0.713.